The predicted octanol–water partition coefficient (Wildman–Crippen LogP) is 3.59. The topological polar surface area (TPSA) is 73.9 Å². The Labute approximate surface area is 161 Å². The summed E-state index contributed by atoms with van der Waals surface area (Å²) in [5, 5.41) is 2.90. The number of rotatable bonds is 8. The molecule has 150 valence electrons. The van der Waals surface area contributed by atoms with Crippen molar-refractivity contribution in [2.24, 2.45) is 5.41 Å². The second-order valence-corrected chi connectivity index (χ2v) is 8.22. The van der Waals surface area contributed by atoms with Crippen LogP contribution in [0.2, 0.25) is 0 Å². The first-order valence-corrected chi connectivity index (χ1v) is 8.84. The third kappa shape index (κ3) is 8.62. The Morgan fingerprint density at radius 3 is 2.30 bits per heavy atom. The molecule has 0 aliphatic carbocycles. The number of amides is 1. The van der Waals surface area contributed by atoms with Crippen molar-refractivity contribution in [1.29, 1.82) is 0 Å². The molecule has 0 heterocycles. The van der Waals surface area contributed by atoms with Gasteiger partial charge in [0.15, 0.2) is 6.61 Å². The lowest BCUT2D eigenvalue weighted by atomic mass is 9.82. The minimum absolute atomic E-state index is 0.0754. The van der Waals surface area contributed by atoms with Gasteiger partial charge in [0.2, 0.25) is 0 Å². The Hall–Kier alpha value is -2.50. The van der Waals surface area contributed by atoms with E-state index in [1.165, 1.54) is 6.08 Å². The van der Waals surface area contributed by atoms with Gasteiger partial charge in [0.1, 0.15) is 11.5 Å². The van der Waals surface area contributed by atoms with Crippen molar-refractivity contribution in [3.8, 4) is 11.5 Å². The van der Waals surface area contributed by atoms with Crippen LogP contribution in [0, 0.1) is 5.41 Å². The molecule has 6 heteroatoms. The summed E-state index contributed by atoms with van der Waals surface area (Å²) in [7, 11) is 3.10. The smallest absolute Gasteiger partial charge is 0.331 e. The Kier molecular flexibility index (Phi) is 7.88. The number of carbonyl (C=O) groups excluding carboxylic acids is 2. The van der Waals surface area contributed by atoms with E-state index in [-0.39, 0.29) is 23.5 Å². The summed E-state index contributed by atoms with van der Waals surface area (Å²) in [6.45, 7) is 9.90. The number of esters is 1. The van der Waals surface area contributed by atoms with Crippen molar-refractivity contribution in [2.75, 3.05) is 20.8 Å². The average Bonchev–Trinajstić information content (AvgIpc) is 2.55. The van der Waals surface area contributed by atoms with Crippen molar-refractivity contribution in [2.45, 2.75) is 46.6 Å². The van der Waals surface area contributed by atoms with E-state index in [4.69, 9.17) is 14.2 Å². The molecule has 1 amide bonds. The molecule has 0 fully saturated rings. The summed E-state index contributed by atoms with van der Waals surface area (Å²) in [5.41, 5.74) is 0.363. The maximum Gasteiger partial charge on any atom is 0.331 e. The third-order valence-corrected chi connectivity index (χ3v) is 3.63. The zero-order chi connectivity index (χ0) is 20.7. The number of carbonyl (C=O) groups is 2. The van der Waals surface area contributed by atoms with Crippen LogP contribution in [0.3, 0.4) is 0 Å². The minimum Gasteiger partial charge on any atom is -0.497 e. The zero-order valence-corrected chi connectivity index (χ0v) is 17.3. The maximum absolute atomic E-state index is 12.1. The van der Waals surface area contributed by atoms with Crippen LogP contribution in [-0.2, 0) is 14.3 Å². The van der Waals surface area contributed by atoms with E-state index in [0.29, 0.717) is 17.1 Å². The average molecular weight is 377 g/mol. The van der Waals surface area contributed by atoms with Gasteiger partial charge in [-0.1, -0.05) is 20.8 Å². The minimum atomic E-state index is -0.608. The third-order valence-electron chi connectivity index (χ3n) is 3.63. The summed E-state index contributed by atoms with van der Waals surface area (Å²) >= 11 is 0. The van der Waals surface area contributed by atoms with Crippen LogP contribution in [0.25, 0.3) is 6.08 Å². The summed E-state index contributed by atoms with van der Waals surface area (Å²) in [5.74, 6) is 0.305. The van der Waals surface area contributed by atoms with Crippen LogP contribution in [0.4, 0.5) is 0 Å². The number of nitrogens with one attached hydrogen (secondary N) is 1. The molecule has 0 saturated carbocycles. The first-order valence-electron chi connectivity index (χ1n) is 8.84. The van der Waals surface area contributed by atoms with E-state index < -0.39 is 5.97 Å². The molecule has 0 aliphatic rings. The summed E-state index contributed by atoms with van der Waals surface area (Å²) in [6.07, 6.45) is 3.62. The summed E-state index contributed by atoms with van der Waals surface area (Å²) < 4.78 is 15.4. The molecule has 0 bridgehead atoms. The van der Waals surface area contributed by atoms with Gasteiger partial charge in [0.25, 0.3) is 5.91 Å². The molecule has 0 saturated heterocycles. The highest BCUT2D eigenvalue weighted by atomic mass is 16.5. The summed E-state index contributed by atoms with van der Waals surface area (Å²) in [4.78, 5) is 24.0. The van der Waals surface area contributed by atoms with Crippen molar-refractivity contribution >= 4 is 18.0 Å². The van der Waals surface area contributed by atoms with Crippen LogP contribution in [-0.4, -0.2) is 38.2 Å². The van der Waals surface area contributed by atoms with Gasteiger partial charge in [0, 0.05) is 17.2 Å². The van der Waals surface area contributed by atoms with Gasteiger partial charge >= 0.3 is 5.97 Å². The highest BCUT2D eigenvalue weighted by Gasteiger charge is 2.27. The molecule has 0 aliphatic heterocycles. The molecular weight excluding hydrogens is 346 g/mol. The van der Waals surface area contributed by atoms with Gasteiger partial charge in [0.05, 0.1) is 14.2 Å². The van der Waals surface area contributed by atoms with E-state index in [0.717, 1.165) is 6.42 Å². The molecule has 0 atom stereocenters. The van der Waals surface area contributed by atoms with Crippen LogP contribution in [0.15, 0.2) is 24.3 Å². The Morgan fingerprint density at radius 2 is 1.74 bits per heavy atom. The lowest BCUT2D eigenvalue weighted by Gasteiger charge is -2.33. The van der Waals surface area contributed by atoms with Gasteiger partial charge < -0.3 is 19.5 Å². The SMILES string of the molecule is COc1ccc(OC)c(/C=C/C(=O)OCC(=O)NC(C)(C)CC(C)(C)C)c1. The van der Waals surface area contributed by atoms with E-state index in [2.05, 4.69) is 26.1 Å². The van der Waals surface area contributed by atoms with Gasteiger partial charge in [-0.25, -0.2) is 4.79 Å². The molecule has 0 radical (unpaired) electrons. The highest BCUT2D eigenvalue weighted by molar-refractivity contribution is 5.89. The van der Waals surface area contributed by atoms with Gasteiger partial charge in [-0.15, -0.1) is 0 Å². The van der Waals surface area contributed by atoms with Crippen molar-refractivity contribution in [3.63, 3.8) is 0 Å². The second kappa shape index (κ2) is 9.44. The quantitative estimate of drug-likeness (QED) is 0.554. The molecule has 27 heavy (non-hydrogen) atoms. The molecule has 1 N–H and O–H groups in total. The first-order chi connectivity index (χ1) is 12.5. The molecule has 1 aromatic rings. The Morgan fingerprint density at radius 1 is 1.07 bits per heavy atom. The number of hydrogen-bond donors (Lipinski definition) is 1. The summed E-state index contributed by atoms with van der Waals surface area (Å²) in [6, 6.07) is 5.25. The lowest BCUT2D eigenvalue weighted by Crippen LogP contribution is -2.47. The van der Waals surface area contributed by atoms with Gasteiger partial charge in [-0.3, -0.25) is 4.79 Å². The molecular formula is C21H31NO5. The second-order valence-electron chi connectivity index (χ2n) is 8.22. The van der Waals surface area contributed by atoms with E-state index in [1.807, 2.05) is 13.8 Å². The highest BCUT2D eigenvalue weighted by Crippen LogP contribution is 2.27. The number of hydrogen-bond acceptors (Lipinski definition) is 5. The van der Waals surface area contributed by atoms with Crippen molar-refractivity contribution in [3.05, 3.63) is 29.8 Å². The Bertz CT molecular complexity index is 686. The van der Waals surface area contributed by atoms with Crippen LogP contribution in [0.5, 0.6) is 11.5 Å². The molecule has 6 nitrogen and oxygen atoms in total. The van der Waals surface area contributed by atoms with Crippen LogP contribution < -0.4 is 14.8 Å². The fourth-order valence-electron chi connectivity index (χ4n) is 3.10. The molecule has 0 unspecified atom stereocenters. The lowest BCUT2D eigenvalue weighted by molar-refractivity contribution is -0.144. The monoisotopic (exact) mass is 377 g/mol. The predicted molar refractivity (Wildman–Crippen MR) is 106 cm³/mol. The molecule has 0 spiro atoms. The molecule has 1 aromatic carbocycles. The molecule has 0 aromatic heterocycles. The fourth-order valence-corrected chi connectivity index (χ4v) is 3.10. The first kappa shape index (κ1) is 22.5. The van der Waals surface area contributed by atoms with Crippen LogP contribution in [0.1, 0.15) is 46.6 Å². The fraction of sp³-hybridized carbons (Fsp3) is 0.524. The zero-order valence-electron chi connectivity index (χ0n) is 17.3. The van der Waals surface area contributed by atoms with Crippen molar-refractivity contribution in [1.82, 2.24) is 5.32 Å². The van der Waals surface area contributed by atoms with Crippen molar-refractivity contribution < 1.29 is 23.8 Å². The number of ether oxygens (including phenoxy) is 3. The van der Waals surface area contributed by atoms with Crippen LogP contribution >= 0.6 is 0 Å². The normalized spacial score (nSPS) is 12.0. The van der Waals surface area contributed by atoms with E-state index in [9.17, 15) is 9.59 Å². The standard InChI is InChI=1S/C21H31NO5/c1-20(2,3)14-21(4,5)22-18(23)13-27-19(24)11-8-15-12-16(25-6)9-10-17(15)26-7/h8-12H,13-14H2,1-7H3,(H,22,23)/b11-8+. The largest absolute Gasteiger partial charge is 0.497 e. The Balaban J connectivity index is 2.60. The van der Waals surface area contributed by atoms with E-state index >= 15 is 0 Å². The van der Waals surface area contributed by atoms with E-state index in [1.54, 1.807) is 38.5 Å². The van der Waals surface area contributed by atoms with Gasteiger partial charge in [-0.2, -0.15) is 0 Å². The number of methoxy groups -OCH3 is 2. The maximum atomic E-state index is 12.1. The van der Waals surface area contributed by atoms with Gasteiger partial charge in [-0.05, 0) is 50.0 Å². The molecule has 1 rings (SSSR count). The number of benzene rings is 1.